The number of amides is 2. The molecule has 0 radical (unpaired) electrons. The third kappa shape index (κ3) is 14.3. The van der Waals surface area contributed by atoms with Gasteiger partial charge in [-0.2, -0.15) is 0 Å². The van der Waals surface area contributed by atoms with Crippen molar-refractivity contribution in [1.29, 1.82) is 0 Å². The molecule has 3 aromatic carbocycles. The number of rotatable bonds is 11. The molecule has 1 saturated heterocycles. The van der Waals surface area contributed by atoms with E-state index in [9.17, 15) is 19.3 Å². The van der Waals surface area contributed by atoms with Gasteiger partial charge in [0.1, 0.15) is 18.1 Å². The summed E-state index contributed by atoms with van der Waals surface area (Å²) in [7, 11) is 5.66. The van der Waals surface area contributed by atoms with Crippen LogP contribution in [0, 0.1) is 10.8 Å². The Hall–Kier alpha value is -4.63. The van der Waals surface area contributed by atoms with Crippen molar-refractivity contribution in [1.82, 2.24) is 9.80 Å². The number of aldehydes is 1. The fraction of sp³-hybridized carbons (Fsp3) is 0.489. The molecule has 1 aliphatic heterocycles. The summed E-state index contributed by atoms with van der Waals surface area (Å²) in [6, 6.07) is 22.7. The molecular weight excluding hydrogens is 677 g/mol. The maximum absolute atomic E-state index is 13.2. The zero-order valence-electron chi connectivity index (χ0n) is 33.1. The molecule has 9 nitrogen and oxygen atoms in total. The number of piperidine rings is 1. The summed E-state index contributed by atoms with van der Waals surface area (Å²) in [5.74, 6) is 0.780. The average Bonchev–Trinajstić information content (AvgIpc) is 3.21. The number of nitrogens with zero attached hydrogens (tertiary/aromatic N) is 4. The Labute approximate surface area is 323 Å². The molecule has 0 spiro atoms. The molecule has 2 aliphatic rings. The van der Waals surface area contributed by atoms with Crippen LogP contribution in [0.2, 0.25) is 0 Å². The third-order valence-corrected chi connectivity index (χ3v) is 10.6. The van der Waals surface area contributed by atoms with Crippen molar-refractivity contribution >= 4 is 23.8 Å². The highest BCUT2D eigenvalue weighted by Gasteiger charge is 2.26. The largest absolute Gasteiger partial charge is 0.490 e. The Morgan fingerprint density at radius 3 is 2.00 bits per heavy atom. The fourth-order valence-corrected chi connectivity index (χ4v) is 7.24. The van der Waals surface area contributed by atoms with Crippen LogP contribution in [0.25, 0.3) is 0 Å². The number of likely N-dealkylation sites (N-methyl/N-ethyl adjacent to an activating group) is 1. The van der Waals surface area contributed by atoms with Gasteiger partial charge in [0.25, 0.3) is 0 Å². The fourth-order valence-electron chi connectivity index (χ4n) is 7.24. The molecular formula is C45H62N4O5. The molecule has 292 valence electrons. The molecule has 2 amide bonds. The van der Waals surface area contributed by atoms with Crippen molar-refractivity contribution in [2.75, 3.05) is 45.7 Å². The number of likely N-dealkylation sites (tertiary alicyclic amines) is 1. The minimum atomic E-state index is -0.793. The number of ether oxygens (including phenoxy) is 1. The Balaban J connectivity index is 0.000000685. The third-order valence-electron chi connectivity index (χ3n) is 10.6. The van der Waals surface area contributed by atoms with Gasteiger partial charge in [-0.05, 0) is 80.0 Å². The summed E-state index contributed by atoms with van der Waals surface area (Å²) in [6.07, 6.45) is 14.4. The quantitative estimate of drug-likeness (QED) is 0.110. The van der Waals surface area contributed by atoms with E-state index >= 15 is 0 Å². The lowest BCUT2D eigenvalue weighted by Gasteiger charge is -2.33. The lowest BCUT2D eigenvalue weighted by molar-refractivity contribution is -0.127. The van der Waals surface area contributed by atoms with Crippen LogP contribution >= 0.6 is 0 Å². The van der Waals surface area contributed by atoms with Crippen LogP contribution in [0.1, 0.15) is 115 Å². The van der Waals surface area contributed by atoms with Crippen molar-refractivity contribution in [2.24, 2.45) is 11.1 Å². The summed E-state index contributed by atoms with van der Waals surface area (Å²) in [5.41, 5.74) is 3.96. The van der Waals surface area contributed by atoms with Gasteiger partial charge in [0.05, 0.1) is 6.54 Å². The number of hydrogen-bond donors (Lipinski definition) is 0. The number of nitroso groups, excluding NO2 is 1. The smallest absolute Gasteiger partial charge is 0.316 e. The first kappa shape index (κ1) is 43.8. The summed E-state index contributed by atoms with van der Waals surface area (Å²) in [4.78, 5) is 52.8. The van der Waals surface area contributed by atoms with E-state index in [1.165, 1.54) is 57.8 Å². The molecule has 1 atom stereocenters. The Kier molecular flexibility index (Phi) is 19.4. The predicted molar refractivity (Wildman–Crippen MR) is 220 cm³/mol. The van der Waals surface area contributed by atoms with Crippen LogP contribution in [0.15, 0.2) is 91.1 Å². The Morgan fingerprint density at radius 2 is 1.46 bits per heavy atom. The highest BCUT2D eigenvalue weighted by atomic mass is 16.5. The van der Waals surface area contributed by atoms with E-state index in [0.717, 1.165) is 60.3 Å². The van der Waals surface area contributed by atoms with Crippen LogP contribution in [-0.2, 0) is 11.3 Å². The number of benzene rings is 3. The second kappa shape index (κ2) is 23.9. The van der Waals surface area contributed by atoms with Crippen molar-refractivity contribution < 1.29 is 19.1 Å². The van der Waals surface area contributed by atoms with Gasteiger partial charge in [0.2, 0.25) is 5.91 Å². The van der Waals surface area contributed by atoms with Crippen molar-refractivity contribution in [3.63, 3.8) is 0 Å². The molecule has 1 aliphatic carbocycles. The van der Waals surface area contributed by atoms with Gasteiger partial charge in [0, 0.05) is 55.7 Å². The van der Waals surface area contributed by atoms with Gasteiger partial charge in [-0.1, -0.05) is 100 Å². The number of hydrogen-bond acceptors (Lipinski definition) is 7. The summed E-state index contributed by atoms with van der Waals surface area (Å²) < 4.78 is 6.27. The second-order valence-electron chi connectivity index (χ2n) is 14.7. The average molecular weight is 739 g/mol. The van der Waals surface area contributed by atoms with Gasteiger partial charge in [0.15, 0.2) is 0 Å². The molecule has 5 rings (SSSR count). The van der Waals surface area contributed by atoms with E-state index in [4.69, 9.17) is 4.74 Å². The maximum Gasteiger partial charge on any atom is 0.316 e. The van der Waals surface area contributed by atoms with Crippen molar-refractivity contribution in [3.8, 4) is 5.75 Å². The van der Waals surface area contributed by atoms with E-state index < -0.39 is 5.91 Å². The first-order valence-corrected chi connectivity index (χ1v) is 19.6. The highest BCUT2D eigenvalue weighted by Crippen LogP contribution is 2.39. The van der Waals surface area contributed by atoms with Crippen molar-refractivity contribution in [2.45, 2.75) is 96.1 Å². The zero-order chi connectivity index (χ0) is 39.3. The van der Waals surface area contributed by atoms with E-state index in [1.807, 2.05) is 36.4 Å². The SMILES string of the molecule is C=C.CC(c1ccc(C(=O)N=O)cc1N(CC(=O)N(C)C)Cc1ccc(OC2CCN(C)CC2)cc1)C1CCCCCCCCC1.O=Cc1ccccc1. The molecule has 0 bridgehead atoms. The number of anilines is 1. The van der Waals surface area contributed by atoms with Gasteiger partial charge in [-0.15, -0.1) is 18.1 Å². The van der Waals surface area contributed by atoms with Crippen LogP contribution in [-0.4, -0.2) is 74.8 Å². The molecule has 1 heterocycles. The maximum atomic E-state index is 13.2. The molecule has 0 aromatic heterocycles. The monoisotopic (exact) mass is 738 g/mol. The molecule has 0 N–H and O–H groups in total. The second-order valence-corrected chi connectivity index (χ2v) is 14.7. The van der Waals surface area contributed by atoms with Crippen LogP contribution in [0.3, 0.4) is 0 Å². The summed E-state index contributed by atoms with van der Waals surface area (Å²) >= 11 is 0. The predicted octanol–water partition coefficient (Wildman–Crippen LogP) is 9.71. The Bertz CT molecular complexity index is 1560. The highest BCUT2D eigenvalue weighted by molar-refractivity contribution is 5.96. The van der Waals surface area contributed by atoms with E-state index in [2.05, 4.69) is 54.2 Å². The van der Waals surface area contributed by atoms with Gasteiger partial charge in [-0.25, -0.2) is 0 Å². The molecule has 9 heteroatoms. The zero-order valence-corrected chi connectivity index (χ0v) is 33.1. The van der Waals surface area contributed by atoms with E-state index in [-0.39, 0.29) is 30.0 Å². The van der Waals surface area contributed by atoms with Gasteiger partial charge < -0.3 is 19.4 Å². The normalized spacial score (nSPS) is 16.2. The molecule has 1 unspecified atom stereocenters. The van der Waals surface area contributed by atoms with Gasteiger partial charge in [-0.3, -0.25) is 14.4 Å². The van der Waals surface area contributed by atoms with Gasteiger partial charge >= 0.3 is 5.91 Å². The Morgan fingerprint density at radius 1 is 0.870 bits per heavy atom. The van der Waals surface area contributed by atoms with Crippen LogP contribution in [0.5, 0.6) is 5.75 Å². The lowest BCUT2D eigenvalue weighted by atomic mass is 9.79. The van der Waals surface area contributed by atoms with E-state index in [1.54, 1.807) is 43.3 Å². The number of carbonyl (C=O) groups is 3. The summed E-state index contributed by atoms with van der Waals surface area (Å²) in [5, 5.41) is 2.70. The summed E-state index contributed by atoms with van der Waals surface area (Å²) in [6.45, 7) is 11.0. The van der Waals surface area contributed by atoms with E-state index in [0.29, 0.717) is 12.5 Å². The molecule has 1 saturated carbocycles. The first-order chi connectivity index (χ1) is 26.2. The molecule has 54 heavy (non-hydrogen) atoms. The minimum absolute atomic E-state index is 0.0326. The minimum Gasteiger partial charge on any atom is -0.490 e. The van der Waals surface area contributed by atoms with Crippen molar-refractivity contribution in [3.05, 3.63) is 113 Å². The first-order valence-electron chi connectivity index (χ1n) is 19.6. The lowest BCUT2D eigenvalue weighted by Crippen LogP contribution is -2.37. The van der Waals surface area contributed by atoms with Crippen LogP contribution in [0.4, 0.5) is 5.69 Å². The number of carbonyl (C=O) groups excluding carboxylic acids is 3. The molecule has 3 aromatic rings. The van der Waals surface area contributed by atoms with Crippen LogP contribution < -0.4 is 9.64 Å². The topological polar surface area (TPSA) is 99.6 Å². The molecule has 2 fully saturated rings. The standard InChI is InChI=1S/C36H52N4O4.C7H6O.C2H4/c1-27(29-12-10-8-6-5-7-9-11-13-29)33-19-16-30(36(42)37-43)24-34(33)40(26-35(41)38(2)3)25-28-14-17-31(18-15-28)44-32-20-22-39(4)23-21-32;8-6-7-4-2-1-3-5-7;1-2/h14-19,24,27,29,32H,5-13,20-23,25-26H2,1-4H3;1-6H;1-2H2.